The van der Waals surface area contributed by atoms with E-state index in [2.05, 4.69) is 13.8 Å². The van der Waals surface area contributed by atoms with E-state index in [0.29, 0.717) is 12.3 Å². The van der Waals surface area contributed by atoms with Gasteiger partial charge in [-0.1, -0.05) is 66.2 Å². The summed E-state index contributed by atoms with van der Waals surface area (Å²) in [7, 11) is 0. The second-order valence-electron chi connectivity index (χ2n) is 6.47. The van der Waals surface area contributed by atoms with Crippen LogP contribution in [0, 0.1) is 11.8 Å². The van der Waals surface area contributed by atoms with Gasteiger partial charge in [-0.05, 0) is 18.8 Å². The van der Waals surface area contributed by atoms with Crippen molar-refractivity contribution < 1.29 is 24.9 Å². The highest BCUT2D eigenvalue weighted by Crippen LogP contribution is 2.14. The van der Waals surface area contributed by atoms with E-state index < -0.39 is 18.0 Å². The predicted octanol–water partition coefficient (Wildman–Crippen LogP) is 4.33. The lowest BCUT2D eigenvalue weighted by Gasteiger charge is -2.13. The number of aliphatic carboxylic acids is 2. The maximum Gasteiger partial charge on any atom is 0.306 e. The zero-order valence-electron chi connectivity index (χ0n) is 15.3. The van der Waals surface area contributed by atoms with Gasteiger partial charge in [-0.15, -0.1) is 0 Å². The third kappa shape index (κ3) is 18.9. The topological polar surface area (TPSA) is 94.8 Å². The summed E-state index contributed by atoms with van der Waals surface area (Å²) in [4.78, 5) is 20.6. The van der Waals surface area contributed by atoms with Crippen molar-refractivity contribution >= 4 is 11.9 Å². The number of carboxylic acid groups (broad SMARTS) is 2. The Balaban J connectivity index is 0. The van der Waals surface area contributed by atoms with E-state index in [1.165, 1.54) is 19.3 Å². The monoisotopic (exact) mass is 332 g/mol. The van der Waals surface area contributed by atoms with Gasteiger partial charge in [0.2, 0.25) is 0 Å². The van der Waals surface area contributed by atoms with Crippen LogP contribution < -0.4 is 0 Å². The molecule has 5 heteroatoms. The Labute approximate surface area is 141 Å². The van der Waals surface area contributed by atoms with Crippen LogP contribution in [0.3, 0.4) is 0 Å². The van der Waals surface area contributed by atoms with Gasteiger partial charge in [-0.2, -0.15) is 0 Å². The summed E-state index contributed by atoms with van der Waals surface area (Å²) in [5.74, 6) is -1.33. The maximum atomic E-state index is 10.4. The molecule has 23 heavy (non-hydrogen) atoms. The molecule has 0 rings (SSSR count). The van der Waals surface area contributed by atoms with E-state index in [9.17, 15) is 14.7 Å². The van der Waals surface area contributed by atoms with Crippen molar-refractivity contribution in [1.82, 2.24) is 0 Å². The quantitative estimate of drug-likeness (QED) is 0.462. The van der Waals surface area contributed by atoms with Crippen LogP contribution in [0.15, 0.2) is 0 Å². The smallest absolute Gasteiger partial charge is 0.306 e. The van der Waals surface area contributed by atoms with Crippen LogP contribution in [0.4, 0.5) is 0 Å². The number of rotatable bonds is 12. The zero-order chi connectivity index (χ0) is 18.3. The molecule has 5 nitrogen and oxygen atoms in total. The fourth-order valence-electron chi connectivity index (χ4n) is 2.36. The lowest BCUT2D eigenvalue weighted by molar-refractivity contribution is -0.141. The molecule has 0 saturated heterocycles. The minimum absolute atomic E-state index is 0.131. The molecular formula is C18H36O5. The van der Waals surface area contributed by atoms with Crippen molar-refractivity contribution in [2.24, 2.45) is 11.8 Å². The van der Waals surface area contributed by atoms with Gasteiger partial charge in [0.15, 0.2) is 0 Å². The Kier molecular flexibility index (Phi) is 16.6. The van der Waals surface area contributed by atoms with Gasteiger partial charge in [-0.25, -0.2) is 0 Å². The molecule has 0 aliphatic carbocycles. The molecule has 0 bridgehead atoms. The Morgan fingerprint density at radius 2 is 1.52 bits per heavy atom. The highest BCUT2D eigenvalue weighted by Gasteiger charge is 2.12. The molecule has 0 saturated carbocycles. The van der Waals surface area contributed by atoms with E-state index in [0.717, 1.165) is 25.7 Å². The van der Waals surface area contributed by atoms with E-state index in [4.69, 9.17) is 10.2 Å². The molecule has 0 aliphatic rings. The fraction of sp³-hybridized carbons (Fsp3) is 0.889. The summed E-state index contributed by atoms with van der Waals surface area (Å²) >= 11 is 0. The van der Waals surface area contributed by atoms with E-state index >= 15 is 0 Å². The average Bonchev–Trinajstić information content (AvgIpc) is 2.43. The van der Waals surface area contributed by atoms with Crippen LogP contribution in [0.5, 0.6) is 0 Å². The normalized spacial score (nSPS) is 14.3. The maximum absolute atomic E-state index is 10.4. The number of aliphatic hydroxyl groups is 1. The van der Waals surface area contributed by atoms with Gasteiger partial charge in [0, 0.05) is 0 Å². The molecule has 0 heterocycles. The number of carboxylic acids is 2. The van der Waals surface area contributed by atoms with Gasteiger partial charge in [0.1, 0.15) is 0 Å². The molecule has 0 aliphatic heterocycles. The molecule has 3 N–H and O–H groups in total. The van der Waals surface area contributed by atoms with Crippen molar-refractivity contribution in [3.63, 3.8) is 0 Å². The van der Waals surface area contributed by atoms with Gasteiger partial charge in [-0.3, -0.25) is 9.59 Å². The molecule has 0 amide bonds. The summed E-state index contributed by atoms with van der Waals surface area (Å²) in [5, 5.41) is 26.1. The summed E-state index contributed by atoms with van der Waals surface area (Å²) in [6.07, 6.45) is 7.42. The van der Waals surface area contributed by atoms with Crippen LogP contribution in [0.2, 0.25) is 0 Å². The molecular weight excluding hydrogens is 296 g/mol. The second-order valence-corrected chi connectivity index (χ2v) is 6.47. The Bertz CT molecular complexity index is 304. The van der Waals surface area contributed by atoms with Crippen molar-refractivity contribution in [3.05, 3.63) is 0 Å². The molecule has 0 aromatic heterocycles. The molecule has 0 aromatic carbocycles. The molecule has 0 radical (unpaired) electrons. The fourth-order valence-corrected chi connectivity index (χ4v) is 2.36. The minimum atomic E-state index is -0.925. The summed E-state index contributed by atoms with van der Waals surface area (Å²) in [5.41, 5.74) is 0. The molecule has 3 unspecified atom stereocenters. The summed E-state index contributed by atoms with van der Waals surface area (Å²) < 4.78 is 0. The average molecular weight is 332 g/mol. The van der Waals surface area contributed by atoms with Gasteiger partial charge >= 0.3 is 11.9 Å². The zero-order valence-corrected chi connectivity index (χ0v) is 15.3. The molecule has 0 fully saturated rings. The molecule has 3 atom stereocenters. The standard InChI is InChI=1S/C9H18O3.C9H18O2/c1-3-4-7(2)5-8(10)6-9(11)12;1-3-4-5-6-7-8(2)9(10)11/h7-8,10H,3-6H2,1-2H3,(H,11,12);8H,3-7H2,1-2H3,(H,10,11). The first-order valence-corrected chi connectivity index (χ1v) is 8.87. The number of unbranched alkanes of at least 4 members (excludes halogenated alkanes) is 3. The molecule has 138 valence electrons. The van der Waals surface area contributed by atoms with Gasteiger partial charge in [0.25, 0.3) is 0 Å². The number of aliphatic hydroxyl groups excluding tert-OH is 1. The molecule has 0 aromatic rings. The van der Waals surface area contributed by atoms with Crippen LogP contribution in [0.25, 0.3) is 0 Å². The third-order valence-corrected chi connectivity index (χ3v) is 3.78. The minimum Gasteiger partial charge on any atom is -0.481 e. The van der Waals surface area contributed by atoms with Crippen LogP contribution in [0.1, 0.15) is 85.5 Å². The van der Waals surface area contributed by atoms with Crippen molar-refractivity contribution in [3.8, 4) is 0 Å². The number of carbonyl (C=O) groups is 2. The van der Waals surface area contributed by atoms with Gasteiger partial charge < -0.3 is 15.3 Å². The van der Waals surface area contributed by atoms with Crippen molar-refractivity contribution in [2.75, 3.05) is 0 Å². The van der Waals surface area contributed by atoms with E-state index in [1.807, 2.05) is 6.92 Å². The highest BCUT2D eigenvalue weighted by atomic mass is 16.4. The first kappa shape index (κ1) is 24.2. The first-order valence-electron chi connectivity index (χ1n) is 8.87. The SMILES string of the molecule is CCCC(C)CC(O)CC(=O)O.CCCCCCC(C)C(=O)O. The first-order chi connectivity index (χ1) is 10.7. The highest BCUT2D eigenvalue weighted by molar-refractivity contribution is 5.69. The third-order valence-electron chi connectivity index (χ3n) is 3.78. The second kappa shape index (κ2) is 15.8. The Hall–Kier alpha value is -1.10. The van der Waals surface area contributed by atoms with Crippen LogP contribution in [-0.4, -0.2) is 33.4 Å². The Morgan fingerprint density at radius 3 is 1.96 bits per heavy atom. The van der Waals surface area contributed by atoms with Crippen LogP contribution in [-0.2, 0) is 9.59 Å². The number of hydrogen-bond donors (Lipinski definition) is 3. The Morgan fingerprint density at radius 1 is 0.913 bits per heavy atom. The van der Waals surface area contributed by atoms with Gasteiger partial charge in [0.05, 0.1) is 18.4 Å². The lowest BCUT2D eigenvalue weighted by atomic mass is 9.97. The number of hydrogen-bond acceptors (Lipinski definition) is 3. The summed E-state index contributed by atoms with van der Waals surface area (Å²) in [6, 6.07) is 0. The van der Waals surface area contributed by atoms with E-state index in [-0.39, 0.29) is 12.3 Å². The molecule has 0 spiro atoms. The predicted molar refractivity (Wildman–Crippen MR) is 92.5 cm³/mol. The van der Waals surface area contributed by atoms with E-state index in [1.54, 1.807) is 6.92 Å². The van der Waals surface area contributed by atoms with Crippen LogP contribution >= 0.6 is 0 Å². The summed E-state index contributed by atoms with van der Waals surface area (Å²) in [6.45, 7) is 8.05. The lowest BCUT2D eigenvalue weighted by Crippen LogP contribution is -2.16. The largest absolute Gasteiger partial charge is 0.481 e. The van der Waals surface area contributed by atoms with Crippen molar-refractivity contribution in [2.45, 2.75) is 91.6 Å². The van der Waals surface area contributed by atoms with Crippen molar-refractivity contribution in [1.29, 1.82) is 0 Å².